The number of amides is 1. The number of nitrogens with zero attached hydrogens (tertiary/aromatic N) is 6. The standard InChI is InChI=1S/C25H28FN7O3/c1-14-7-17(36-16-5-6-29-21(9-16)33-13-28-12-30-33)8-18(22(14)26)25-11-35-20(15-3-4-15)10-19(25)23(34)32(2)24(27)31-25/h5-9,12-15,19-20,22H,3-4,10-11H2,1-2H3,(H2,27,31)/t14?,19-,20+,22?,25+/m0/s1. The van der Waals surface area contributed by atoms with E-state index in [0.717, 1.165) is 12.8 Å². The Morgan fingerprint density at radius 3 is 2.92 bits per heavy atom. The zero-order valence-electron chi connectivity index (χ0n) is 20.1. The van der Waals surface area contributed by atoms with Crippen LogP contribution in [0.2, 0.25) is 0 Å². The first-order chi connectivity index (χ1) is 17.4. The maximum absolute atomic E-state index is 15.9. The summed E-state index contributed by atoms with van der Waals surface area (Å²) >= 11 is 0. The molecule has 1 amide bonds. The average Bonchev–Trinajstić information content (AvgIpc) is 3.57. The highest BCUT2D eigenvalue weighted by Gasteiger charge is 2.58. The van der Waals surface area contributed by atoms with Gasteiger partial charge in [-0.2, -0.15) is 5.10 Å². The highest BCUT2D eigenvalue weighted by molar-refractivity contribution is 6.00. The molecule has 2 aromatic heterocycles. The van der Waals surface area contributed by atoms with Crippen LogP contribution in [0.4, 0.5) is 4.39 Å². The van der Waals surface area contributed by atoms with Crippen LogP contribution < -0.4 is 10.5 Å². The van der Waals surface area contributed by atoms with Crippen molar-refractivity contribution in [2.75, 3.05) is 13.7 Å². The number of hydrogen-bond donors (Lipinski definition) is 1. The second-order valence-electron chi connectivity index (χ2n) is 9.99. The van der Waals surface area contributed by atoms with Crippen LogP contribution in [0.3, 0.4) is 0 Å². The van der Waals surface area contributed by atoms with Crippen LogP contribution in [0.25, 0.3) is 5.82 Å². The molecule has 188 valence electrons. The Morgan fingerprint density at radius 1 is 1.33 bits per heavy atom. The van der Waals surface area contributed by atoms with Crippen LogP contribution in [0.1, 0.15) is 26.2 Å². The molecule has 6 rings (SSSR count). The Balaban J connectivity index is 1.36. The van der Waals surface area contributed by atoms with Gasteiger partial charge in [0.15, 0.2) is 11.8 Å². The average molecular weight is 494 g/mol. The van der Waals surface area contributed by atoms with Gasteiger partial charge < -0.3 is 15.2 Å². The van der Waals surface area contributed by atoms with Gasteiger partial charge in [0.1, 0.15) is 35.9 Å². The Labute approximate surface area is 207 Å². The fraction of sp³-hybridized carbons (Fsp3) is 0.480. The summed E-state index contributed by atoms with van der Waals surface area (Å²) in [4.78, 5) is 27.7. The molecule has 2 aliphatic heterocycles. The quantitative estimate of drug-likeness (QED) is 0.678. The number of aliphatic imine (C=N–C) groups is 1. The Kier molecular flexibility index (Phi) is 5.40. The van der Waals surface area contributed by atoms with Crippen molar-refractivity contribution >= 4 is 11.9 Å². The van der Waals surface area contributed by atoms with E-state index in [1.807, 2.05) is 0 Å². The normalized spacial score (nSPS) is 32.4. The van der Waals surface area contributed by atoms with E-state index in [1.165, 1.54) is 22.2 Å². The van der Waals surface area contributed by atoms with E-state index in [1.54, 1.807) is 44.5 Å². The number of carbonyl (C=O) groups is 1. The number of pyridine rings is 1. The Bertz CT molecular complexity index is 1270. The molecule has 0 aromatic carbocycles. The first kappa shape index (κ1) is 22.8. The van der Waals surface area contributed by atoms with E-state index in [-0.39, 0.29) is 24.6 Å². The van der Waals surface area contributed by atoms with E-state index in [9.17, 15) is 4.79 Å². The lowest BCUT2D eigenvalue weighted by Gasteiger charge is -2.49. The SMILES string of the molecule is CC1C=C(Oc2ccnc(-n3cncn3)c2)C=C([C@]23CO[C@@H](C4CC4)C[C@H]2C(=O)N(C)C(N)=N3)C1F. The molecule has 0 spiro atoms. The zero-order chi connectivity index (χ0) is 25.0. The first-order valence-corrected chi connectivity index (χ1v) is 12.2. The number of halogens is 1. The van der Waals surface area contributed by atoms with E-state index in [0.29, 0.717) is 35.2 Å². The van der Waals surface area contributed by atoms with Gasteiger partial charge in [-0.25, -0.2) is 24.0 Å². The number of rotatable bonds is 5. The minimum atomic E-state index is -1.36. The van der Waals surface area contributed by atoms with Crippen molar-refractivity contribution in [1.82, 2.24) is 24.6 Å². The van der Waals surface area contributed by atoms with Crippen LogP contribution in [-0.2, 0) is 9.53 Å². The second kappa shape index (κ2) is 8.51. The predicted octanol–water partition coefficient (Wildman–Crippen LogP) is 2.18. The molecule has 11 heteroatoms. The third kappa shape index (κ3) is 3.78. The van der Waals surface area contributed by atoms with Crippen LogP contribution in [0.5, 0.6) is 5.75 Å². The van der Waals surface area contributed by atoms with Gasteiger partial charge in [-0.15, -0.1) is 0 Å². The van der Waals surface area contributed by atoms with Crippen LogP contribution in [0, 0.1) is 17.8 Å². The monoisotopic (exact) mass is 493 g/mol. The van der Waals surface area contributed by atoms with Gasteiger partial charge in [0.25, 0.3) is 0 Å². The molecule has 4 aliphatic rings. The molecule has 2 N–H and O–H groups in total. The molecular weight excluding hydrogens is 465 g/mol. The summed E-state index contributed by atoms with van der Waals surface area (Å²) in [7, 11) is 1.61. The summed E-state index contributed by atoms with van der Waals surface area (Å²) in [5, 5.41) is 4.09. The van der Waals surface area contributed by atoms with Crippen molar-refractivity contribution in [3.05, 3.63) is 54.5 Å². The lowest BCUT2D eigenvalue weighted by atomic mass is 9.68. The number of hydrogen-bond acceptors (Lipinski definition) is 8. The van der Waals surface area contributed by atoms with Crippen molar-refractivity contribution in [1.29, 1.82) is 0 Å². The molecule has 36 heavy (non-hydrogen) atoms. The summed E-state index contributed by atoms with van der Waals surface area (Å²) in [6.45, 7) is 1.89. The van der Waals surface area contributed by atoms with Gasteiger partial charge in [-0.1, -0.05) is 6.92 Å². The number of allylic oxidation sites excluding steroid dienone is 2. The number of nitrogens with two attached hydrogens (primary N) is 1. The summed E-state index contributed by atoms with van der Waals surface area (Å²) in [6, 6.07) is 3.43. The van der Waals surface area contributed by atoms with E-state index >= 15 is 4.39 Å². The molecule has 0 bridgehead atoms. The Hall–Kier alpha value is -3.60. The molecule has 2 aliphatic carbocycles. The van der Waals surface area contributed by atoms with Crippen LogP contribution >= 0.6 is 0 Å². The molecule has 1 saturated carbocycles. The van der Waals surface area contributed by atoms with Crippen molar-refractivity contribution in [3.8, 4) is 11.6 Å². The fourth-order valence-corrected chi connectivity index (χ4v) is 5.40. The van der Waals surface area contributed by atoms with E-state index < -0.39 is 23.5 Å². The summed E-state index contributed by atoms with van der Waals surface area (Å²) in [5.41, 5.74) is 5.31. The number of carbonyl (C=O) groups excluding carboxylic acids is 1. The lowest BCUT2D eigenvalue weighted by Crippen LogP contribution is -2.63. The van der Waals surface area contributed by atoms with E-state index in [2.05, 4.69) is 15.1 Å². The number of aromatic nitrogens is 4. The molecule has 5 atom stereocenters. The minimum Gasteiger partial charge on any atom is -0.458 e. The maximum Gasteiger partial charge on any atom is 0.235 e. The Morgan fingerprint density at radius 2 is 2.17 bits per heavy atom. The highest BCUT2D eigenvalue weighted by atomic mass is 19.1. The largest absolute Gasteiger partial charge is 0.458 e. The second-order valence-corrected chi connectivity index (χ2v) is 9.99. The zero-order valence-corrected chi connectivity index (χ0v) is 20.1. The van der Waals surface area contributed by atoms with Gasteiger partial charge >= 0.3 is 0 Å². The minimum absolute atomic E-state index is 0.0204. The number of fused-ring (bicyclic) bond motifs is 1. The smallest absolute Gasteiger partial charge is 0.235 e. The first-order valence-electron chi connectivity index (χ1n) is 12.2. The predicted molar refractivity (Wildman–Crippen MR) is 128 cm³/mol. The molecule has 4 heterocycles. The third-order valence-corrected chi connectivity index (χ3v) is 7.59. The maximum atomic E-state index is 15.9. The molecule has 1 saturated heterocycles. The third-order valence-electron chi connectivity index (χ3n) is 7.59. The van der Waals surface area contributed by atoms with Crippen molar-refractivity contribution in [2.45, 2.75) is 44.0 Å². The summed E-state index contributed by atoms with van der Waals surface area (Å²) < 4.78 is 29.8. The number of guanidine groups is 1. The molecule has 2 fully saturated rings. The van der Waals surface area contributed by atoms with E-state index in [4.69, 9.17) is 20.2 Å². The van der Waals surface area contributed by atoms with Gasteiger partial charge in [-0.05, 0) is 49.0 Å². The summed E-state index contributed by atoms with van der Waals surface area (Å²) in [5.74, 6) is 0.811. The van der Waals surface area contributed by atoms with Gasteiger partial charge in [0.2, 0.25) is 5.91 Å². The van der Waals surface area contributed by atoms with Crippen LogP contribution in [-0.4, -0.2) is 68.0 Å². The van der Waals surface area contributed by atoms with Gasteiger partial charge in [0, 0.05) is 25.2 Å². The molecule has 10 nitrogen and oxygen atoms in total. The molecule has 2 aromatic rings. The van der Waals surface area contributed by atoms with Crippen molar-refractivity contribution < 1.29 is 18.7 Å². The molecule has 0 radical (unpaired) electrons. The molecule has 2 unspecified atom stereocenters. The topological polar surface area (TPSA) is 121 Å². The van der Waals surface area contributed by atoms with Gasteiger partial charge in [0.05, 0.1) is 18.6 Å². The van der Waals surface area contributed by atoms with Gasteiger partial charge in [-0.3, -0.25) is 9.69 Å². The van der Waals surface area contributed by atoms with Crippen molar-refractivity contribution in [3.63, 3.8) is 0 Å². The lowest BCUT2D eigenvalue weighted by molar-refractivity contribution is -0.144. The van der Waals surface area contributed by atoms with Crippen molar-refractivity contribution in [2.24, 2.45) is 28.5 Å². The number of alkyl halides is 1. The summed E-state index contributed by atoms with van der Waals surface area (Å²) in [6.07, 6.45) is 9.24. The molecular formula is C25H28FN7O3. The fourth-order valence-electron chi connectivity index (χ4n) is 5.40. The highest BCUT2D eigenvalue weighted by Crippen LogP contribution is 2.50. The number of ether oxygens (including phenoxy) is 2. The van der Waals surface area contributed by atoms with Crippen LogP contribution in [0.15, 0.2) is 59.5 Å².